The Bertz CT molecular complexity index is 1440. The first-order chi connectivity index (χ1) is 15.9. The number of aromatic nitrogens is 2. The Hall–Kier alpha value is -3.17. The molecule has 0 bridgehead atoms. The molecule has 33 heavy (non-hydrogen) atoms. The van der Waals surface area contributed by atoms with Crippen molar-refractivity contribution in [1.29, 1.82) is 0 Å². The van der Waals surface area contributed by atoms with Gasteiger partial charge in [0.2, 0.25) is 10.0 Å². The molecule has 1 saturated heterocycles. The molecule has 3 aromatic carbocycles. The number of halogens is 2. The number of hydrogen-bond donors (Lipinski definition) is 1. The fourth-order valence-corrected chi connectivity index (χ4v) is 6.27. The minimum absolute atomic E-state index is 0.225. The van der Waals surface area contributed by atoms with Crippen molar-refractivity contribution in [2.45, 2.75) is 30.2 Å². The molecule has 2 heterocycles. The van der Waals surface area contributed by atoms with Crippen LogP contribution in [0.3, 0.4) is 0 Å². The lowest BCUT2D eigenvalue weighted by molar-refractivity contribution is 0.262. The van der Waals surface area contributed by atoms with E-state index in [1.165, 1.54) is 6.20 Å². The molecule has 1 unspecified atom stereocenters. The number of hydrogen-bond acceptors (Lipinski definition) is 5. The largest absolute Gasteiger partial charge is 0.367 e. The van der Waals surface area contributed by atoms with Gasteiger partial charge in [-0.05, 0) is 24.3 Å². The molecule has 1 fully saturated rings. The van der Waals surface area contributed by atoms with Crippen molar-refractivity contribution in [2.75, 3.05) is 18.4 Å². The molecule has 0 aliphatic carbocycles. The van der Waals surface area contributed by atoms with Gasteiger partial charge in [-0.1, -0.05) is 42.8 Å². The van der Waals surface area contributed by atoms with Crippen molar-refractivity contribution in [3.8, 4) is 0 Å². The van der Waals surface area contributed by atoms with Crippen molar-refractivity contribution in [3.05, 3.63) is 72.4 Å². The molecule has 6 nitrogen and oxygen atoms in total. The van der Waals surface area contributed by atoms with Gasteiger partial charge in [0.1, 0.15) is 5.82 Å². The molecular formula is C24H22F2N4O2S. The predicted octanol–water partition coefficient (Wildman–Crippen LogP) is 4.72. The lowest BCUT2D eigenvalue weighted by Crippen LogP contribution is -2.47. The number of rotatable bonds is 5. The van der Waals surface area contributed by atoms with Crippen LogP contribution >= 0.6 is 0 Å². The van der Waals surface area contributed by atoms with Gasteiger partial charge in [0.05, 0.1) is 22.1 Å². The van der Waals surface area contributed by atoms with E-state index in [-0.39, 0.29) is 17.1 Å². The average molecular weight is 469 g/mol. The van der Waals surface area contributed by atoms with Crippen LogP contribution in [0.25, 0.3) is 21.8 Å². The summed E-state index contributed by atoms with van der Waals surface area (Å²) in [6.45, 7) is 0.764. The summed E-state index contributed by atoms with van der Waals surface area (Å²) >= 11 is 0. The predicted molar refractivity (Wildman–Crippen MR) is 123 cm³/mol. The Morgan fingerprint density at radius 1 is 1.00 bits per heavy atom. The van der Waals surface area contributed by atoms with E-state index in [1.807, 2.05) is 30.3 Å². The molecule has 4 aromatic rings. The summed E-state index contributed by atoms with van der Waals surface area (Å²) in [6, 6.07) is 14.5. The molecule has 9 heteroatoms. The van der Waals surface area contributed by atoms with Gasteiger partial charge in [0.25, 0.3) is 0 Å². The van der Waals surface area contributed by atoms with Gasteiger partial charge in [-0.3, -0.25) is 4.98 Å². The summed E-state index contributed by atoms with van der Waals surface area (Å²) in [5, 5.41) is 4.71. The van der Waals surface area contributed by atoms with E-state index in [1.54, 1.807) is 16.4 Å². The Labute approximate surface area is 190 Å². The van der Waals surface area contributed by atoms with E-state index in [9.17, 15) is 17.2 Å². The van der Waals surface area contributed by atoms with Crippen LogP contribution in [0.2, 0.25) is 0 Å². The van der Waals surface area contributed by atoms with Gasteiger partial charge in [0.15, 0.2) is 11.6 Å². The average Bonchev–Trinajstić information content (AvgIpc) is 2.83. The highest BCUT2D eigenvalue weighted by molar-refractivity contribution is 7.89. The van der Waals surface area contributed by atoms with Crippen LogP contribution in [0.5, 0.6) is 0 Å². The second-order valence-corrected chi connectivity index (χ2v) is 9.99. The van der Waals surface area contributed by atoms with Gasteiger partial charge < -0.3 is 5.32 Å². The maximum Gasteiger partial charge on any atom is 0.244 e. The van der Waals surface area contributed by atoms with E-state index >= 15 is 0 Å². The summed E-state index contributed by atoms with van der Waals surface area (Å²) in [5.74, 6) is -1.59. The van der Waals surface area contributed by atoms with Crippen molar-refractivity contribution in [2.24, 2.45) is 0 Å². The van der Waals surface area contributed by atoms with Crippen molar-refractivity contribution in [1.82, 2.24) is 14.3 Å². The summed E-state index contributed by atoms with van der Waals surface area (Å²) in [6.07, 6.45) is 3.85. The van der Waals surface area contributed by atoms with E-state index in [4.69, 9.17) is 0 Å². The Morgan fingerprint density at radius 3 is 2.61 bits per heavy atom. The smallest absolute Gasteiger partial charge is 0.244 e. The van der Waals surface area contributed by atoms with E-state index in [0.717, 1.165) is 30.4 Å². The van der Waals surface area contributed by atoms with Gasteiger partial charge in [-0.15, -0.1) is 0 Å². The molecule has 0 spiro atoms. The number of nitrogens with zero attached hydrogens (tertiary/aromatic N) is 3. The molecule has 1 N–H and O–H groups in total. The third-order valence-corrected chi connectivity index (χ3v) is 8.02. The minimum Gasteiger partial charge on any atom is -0.367 e. The van der Waals surface area contributed by atoms with Crippen LogP contribution in [0.4, 0.5) is 14.6 Å². The molecule has 1 aliphatic rings. The van der Waals surface area contributed by atoms with Crippen LogP contribution < -0.4 is 5.32 Å². The van der Waals surface area contributed by atoms with E-state index in [0.29, 0.717) is 35.6 Å². The lowest BCUT2D eigenvalue weighted by Gasteiger charge is -2.35. The SMILES string of the molecule is O=S(=O)(c1cccc2ccccc12)N1CCCCC1CNc1cnc2cc(F)c(F)cc2n1. The minimum atomic E-state index is -3.72. The van der Waals surface area contributed by atoms with Crippen LogP contribution in [0.15, 0.2) is 65.7 Å². The normalized spacial score (nSPS) is 17.5. The number of nitrogens with one attached hydrogen (secondary N) is 1. The Kier molecular flexibility index (Phi) is 5.67. The first-order valence-electron chi connectivity index (χ1n) is 10.8. The molecule has 1 aromatic heterocycles. The van der Waals surface area contributed by atoms with Gasteiger partial charge >= 0.3 is 0 Å². The Morgan fingerprint density at radius 2 is 1.76 bits per heavy atom. The first kappa shape index (κ1) is 21.7. The Balaban J connectivity index is 1.41. The highest BCUT2D eigenvalue weighted by Gasteiger charge is 2.34. The molecular weight excluding hydrogens is 446 g/mol. The number of anilines is 1. The van der Waals surface area contributed by atoms with Gasteiger partial charge in [-0.2, -0.15) is 4.31 Å². The standard InChI is InChI=1S/C24H22F2N4O2S/c25-19-12-21-22(13-20(19)26)29-24(15-27-21)28-14-17-8-3-4-11-30(17)33(31,32)23-10-5-7-16-6-1-2-9-18(16)23/h1-2,5-7,9-10,12-13,15,17H,3-4,8,11,14H2,(H,28,29). The molecule has 0 saturated carbocycles. The lowest BCUT2D eigenvalue weighted by atomic mass is 10.1. The number of fused-ring (bicyclic) bond motifs is 2. The molecule has 0 amide bonds. The highest BCUT2D eigenvalue weighted by Crippen LogP contribution is 2.30. The maximum atomic E-state index is 13.7. The molecule has 0 radical (unpaired) electrons. The number of piperidine rings is 1. The molecule has 170 valence electrons. The zero-order chi connectivity index (χ0) is 23.0. The van der Waals surface area contributed by atoms with Gasteiger partial charge in [0, 0.05) is 36.7 Å². The summed E-state index contributed by atoms with van der Waals surface area (Å²) in [4.78, 5) is 8.73. The van der Waals surface area contributed by atoms with Crippen molar-refractivity contribution in [3.63, 3.8) is 0 Å². The summed E-state index contributed by atoms with van der Waals surface area (Å²) in [5.41, 5.74) is 0.472. The van der Waals surface area contributed by atoms with Crippen LogP contribution in [0.1, 0.15) is 19.3 Å². The van der Waals surface area contributed by atoms with Crippen LogP contribution in [-0.2, 0) is 10.0 Å². The summed E-state index contributed by atoms with van der Waals surface area (Å²) in [7, 11) is -3.72. The molecule has 5 rings (SSSR count). The first-order valence-corrected chi connectivity index (χ1v) is 12.2. The zero-order valence-electron chi connectivity index (χ0n) is 17.7. The third kappa shape index (κ3) is 4.14. The summed E-state index contributed by atoms with van der Waals surface area (Å²) < 4.78 is 55.9. The second kappa shape index (κ2) is 8.64. The molecule has 1 atom stereocenters. The third-order valence-electron chi connectivity index (χ3n) is 6.01. The fraction of sp³-hybridized carbons (Fsp3) is 0.250. The number of sulfonamides is 1. The maximum absolute atomic E-state index is 13.7. The quantitative estimate of drug-likeness (QED) is 0.459. The van der Waals surface area contributed by atoms with E-state index < -0.39 is 21.7 Å². The topological polar surface area (TPSA) is 75.2 Å². The number of benzene rings is 3. The second-order valence-electron chi connectivity index (χ2n) is 8.13. The van der Waals surface area contributed by atoms with Crippen molar-refractivity contribution < 1.29 is 17.2 Å². The zero-order valence-corrected chi connectivity index (χ0v) is 18.5. The monoisotopic (exact) mass is 468 g/mol. The van der Waals surface area contributed by atoms with Crippen LogP contribution in [-0.4, -0.2) is 41.8 Å². The van der Waals surface area contributed by atoms with Crippen LogP contribution in [0, 0.1) is 11.6 Å². The molecule has 1 aliphatic heterocycles. The van der Waals surface area contributed by atoms with E-state index in [2.05, 4.69) is 15.3 Å². The highest BCUT2D eigenvalue weighted by atomic mass is 32.2. The van der Waals surface area contributed by atoms with Crippen molar-refractivity contribution >= 4 is 37.6 Å². The fourth-order valence-electron chi connectivity index (χ4n) is 4.36. The van der Waals surface area contributed by atoms with Gasteiger partial charge in [-0.25, -0.2) is 22.2 Å².